The Morgan fingerprint density at radius 2 is 1.96 bits per heavy atom. The summed E-state index contributed by atoms with van der Waals surface area (Å²) in [5.41, 5.74) is 2.08. The normalized spacial score (nSPS) is 15.6. The highest BCUT2D eigenvalue weighted by Gasteiger charge is 2.32. The number of rotatable bonds is 3. The average Bonchev–Trinajstić information content (AvgIpc) is 2.54. The lowest BCUT2D eigenvalue weighted by Gasteiger charge is -2.28. The fourth-order valence-electron chi connectivity index (χ4n) is 2.73. The summed E-state index contributed by atoms with van der Waals surface area (Å²) in [6, 6.07) is 2.52. The smallest absolute Gasteiger partial charge is 0.293 e. The summed E-state index contributed by atoms with van der Waals surface area (Å²) in [4.78, 5) is 14.7. The Morgan fingerprint density at radius 1 is 1.17 bits per heavy atom. The Labute approximate surface area is 138 Å². The minimum absolute atomic E-state index is 0.268. The zero-order valence-corrected chi connectivity index (χ0v) is 13.6. The van der Waals surface area contributed by atoms with Gasteiger partial charge < -0.3 is 0 Å². The zero-order chi connectivity index (χ0) is 17.3. The summed E-state index contributed by atoms with van der Waals surface area (Å²) >= 11 is 0. The standard InChI is InChI=1S/C17H19F3N4/c1-11(2)16-22-8-13-5-6-24(10-14(13)23-16)9-12-3-4-15(21-7-12)17(18,19)20/h3-4,7-8,11H,5-6,9-10H2,1-2H3. The van der Waals surface area contributed by atoms with Gasteiger partial charge in [-0.3, -0.25) is 9.88 Å². The maximum Gasteiger partial charge on any atom is 0.433 e. The lowest BCUT2D eigenvalue weighted by molar-refractivity contribution is -0.141. The van der Waals surface area contributed by atoms with E-state index >= 15 is 0 Å². The molecule has 0 radical (unpaired) electrons. The molecule has 0 bridgehead atoms. The van der Waals surface area contributed by atoms with Gasteiger partial charge in [0.15, 0.2) is 0 Å². The molecule has 1 aliphatic heterocycles. The maximum absolute atomic E-state index is 12.6. The van der Waals surface area contributed by atoms with Crippen molar-refractivity contribution in [1.82, 2.24) is 19.9 Å². The number of alkyl halides is 3. The van der Waals surface area contributed by atoms with Crippen molar-refractivity contribution >= 4 is 0 Å². The van der Waals surface area contributed by atoms with Gasteiger partial charge in [-0.2, -0.15) is 13.2 Å². The van der Waals surface area contributed by atoms with Gasteiger partial charge in [-0.25, -0.2) is 9.97 Å². The van der Waals surface area contributed by atoms with E-state index in [-0.39, 0.29) is 5.92 Å². The summed E-state index contributed by atoms with van der Waals surface area (Å²) in [6.07, 6.45) is -0.346. The van der Waals surface area contributed by atoms with E-state index < -0.39 is 11.9 Å². The van der Waals surface area contributed by atoms with Crippen molar-refractivity contribution in [2.45, 2.75) is 45.5 Å². The quantitative estimate of drug-likeness (QED) is 0.859. The van der Waals surface area contributed by atoms with Crippen molar-refractivity contribution in [2.75, 3.05) is 6.54 Å². The first-order valence-electron chi connectivity index (χ1n) is 7.92. The van der Waals surface area contributed by atoms with Crippen LogP contribution in [0.1, 0.15) is 48.1 Å². The molecule has 0 spiro atoms. The van der Waals surface area contributed by atoms with Gasteiger partial charge in [0.25, 0.3) is 0 Å². The van der Waals surface area contributed by atoms with Crippen LogP contribution in [0.5, 0.6) is 0 Å². The average molecular weight is 336 g/mol. The number of hydrogen-bond donors (Lipinski definition) is 0. The topological polar surface area (TPSA) is 41.9 Å². The largest absolute Gasteiger partial charge is 0.433 e. The van der Waals surface area contributed by atoms with E-state index in [1.165, 1.54) is 12.3 Å². The van der Waals surface area contributed by atoms with E-state index in [1.807, 2.05) is 6.20 Å². The second-order valence-corrected chi connectivity index (χ2v) is 6.36. The summed E-state index contributed by atoms with van der Waals surface area (Å²) in [5.74, 6) is 1.09. The molecule has 4 nitrogen and oxygen atoms in total. The van der Waals surface area contributed by atoms with Crippen molar-refractivity contribution in [3.05, 3.63) is 52.9 Å². The SMILES string of the molecule is CC(C)c1ncc2c(n1)CN(Cc1ccc(C(F)(F)F)nc1)CC2. The fourth-order valence-corrected chi connectivity index (χ4v) is 2.73. The molecule has 24 heavy (non-hydrogen) atoms. The molecule has 3 heterocycles. The zero-order valence-electron chi connectivity index (χ0n) is 13.6. The van der Waals surface area contributed by atoms with Crippen molar-refractivity contribution in [3.63, 3.8) is 0 Å². The van der Waals surface area contributed by atoms with Crippen LogP contribution >= 0.6 is 0 Å². The molecule has 0 aliphatic carbocycles. The van der Waals surface area contributed by atoms with Crippen LogP contribution in [0.3, 0.4) is 0 Å². The second kappa shape index (κ2) is 6.47. The predicted molar refractivity (Wildman–Crippen MR) is 83.2 cm³/mol. The van der Waals surface area contributed by atoms with Crippen molar-refractivity contribution in [3.8, 4) is 0 Å². The van der Waals surface area contributed by atoms with E-state index in [9.17, 15) is 13.2 Å². The van der Waals surface area contributed by atoms with Crippen molar-refractivity contribution in [1.29, 1.82) is 0 Å². The molecule has 2 aromatic rings. The number of aromatic nitrogens is 3. The lowest BCUT2D eigenvalue weighted by atomic mass is 10.1. The highest BCUT2D eigenvalue weighted by molar-refractivity contribution is 5.22. The fraction of sp³-hybridized carbons (Fsp3) is 0.471. The maximum atomic E-state index is 12.6. The molecule has 0 N–H and O–H groups in total. The van der Waals surface area contributed by atoms with Gasteiger partial charge in [0.1, 0.15) is 11.5 Å². The van der Waals surface area contributed by atoms with Crippen LogP contribution < -0.4 is 0 Å². The molecule has 3 rings (SSSR count). The first-order chi connectivity index (χ1) is 11.3. The van der Waals surface area contributed by atoms with E-state index in [2.05, 4.69) is 33.7 Å². The number of halogens is 3. The number of nitrogens with zero attached hydrogens (tertiary/aromatic N) is 4. The molecule has 0 amide bonds. The van der Waals surface area contributed by atoms with Gasteiger partial charge in [-0.15, -0.1) is 0 Å². The Morgan fingerprint density at radius 3 is 2.58 bits per heavy atom. The molecule has 1 aliphatic rings. The molecule has 0 fully saturated rings. The number of fused-ring (bicyclic) bond motifs is 1. The summed E-state index contributed by atoms with van der Waals surface area (Å²) < 4.78 is 37.7. The Bertz CT molecular complexity index is 711. The third-order valence-electron chi connectivity index (χ3n) is 4.08. The molecular formula is C17H19F3N4. The van der Waals surface area contributed by atoms with E-state index in [1.54, 1.807) is 0 Å². The minimum Gasteiger partial charge on any atom is -0.293 e. The van der Waals surface area contributed by atoms with Crippen LogP contribution in [0, 0.1) is 0 Å². The van der Waals surface area contributed by atoms with Crippen molar-refractivity contribution in [2.24, 2.45) is 0 Å². The molecular weight excluding hydrogens is 317 g/mol. The van der Waals surface area contributed by atoms with E-state index in [0.717, 1.165) is 41.7 Å². The van der Waals surface area contributed by atoms with Crippen LogP contribution in [0.25, 0.3) is 0 Å². The van der Waals surface area contributed by atoms with E-state index in [0.29, 0.717) is 13.1 Å². The van der Waals surface area contributed by atoms with Crippen molar-refractivity contribution < 1.29 is 13.2 Å². The third-order valence-corrected chi connectivity index (χ3v) is 4.08. The van der Waals surface area contributed by atoms with Gasteiger partial charge in [-0.05, 0) is 23.6 Å². The van der Waals surface area contributed by atoms with Crippen LogP contribution in [0.2, 0.25) is 0 Å². The van der Waals surface area contributed by atoms with Crippen LogP contribution in [0.4, 0.5) is 13.2 Å². The van der Waals surface area contributed by atoms with Gasteiger partial charge in [-0.1, -0.05) is 19.9 Å². The third kappa shape index (κ3) is 3.72. The Balaban J connectivity index is 1.70. The molecule has 7 heteroatoms. The molecule has 0 saturated carbocycles. The molecule has 128 valence electrons. The lowest BCUT2D eigenvalue weighted by Crippen LogP contribution is -2.31. The molecule has 0 saturated heterocycles. The Kier molecular flexibility index (Phi) is 4.54. The Hall–Kier alpha value is -2.02. The number of hydrogen-bond acceptors (Lipinski definition) is 4. The monoisotopic (exact) mass is 336 g/mol. The highest BCUT2D eigenvalue weighted by Crippen LogP contribution is 2.27. The first kappa shape index (κ1) is 16.8. The first-order valence-corrected chi connectivity index (χ1v) is 7.92. The number of pyridine rings is 1. The van der Waals surface area contributed by atoms with E-state index in [4.69, 9.17) is 0 Å². The van der Waals surface area contributed by atoms with Gasteiger partial charge in [0.2, 0.25) is 0 Å². The van der Waals surface area contributed by atoms with Gasteiger partial charge >= 0.3 is 6.18 Å². The summed E-state index contributed by atoms with van der Waals surface area (Å²) in [7, 11) is 0. The molecule has 0 aromatic carbocycles. The van der Waals surface area contributed by atoms with Gasteiger partial charge in [0.05, 0.1) is 5.69 Å². The van der Waals surface area contributed by atoms with Crippen LogP contribution in [0.15, 0.2) is 24.5 Å². The molecule has 2 aromatic heterocycles. The second-order valence-electron chi connectivity index (χ2n) is 6.36. The predicted octanol–water partition coefficient (Wildman–Crippen LogP) is 3.57. The molecule has 0 unspecified atom stereocenters. The minimum atomic E-state index is -4.40. The summed E-state index contributed by atoms with van der Waals surface area (Å²) in [6.45, 7) is 6.18. The van der Waals surface area contributed by atoms with Crippen LogP contribution in [-0.2, 0) is 25.7 Å². The highest BCUT2D eigenvalue weighted by atomic mass is 19.4. The van der Waals surface area contributed by atoms with Gasteiger partial charge in [0, 0.05) is 37.9 Å². The summed E-state index contributed by atoms with van der Waals surface area (Å²) in [5, 5.41) is 0. The van der Waals surface area contributed by atoms with Crippen LogP contribution in [-0.4, -0.2) is 26.4 Å². The molecule has 0 atom stereocenters.